The number of benzene rings is 2. The molecule has 2 heterocycles. The normalized spacial score (nSPS) is 18.8. The van der Waals surface area contributed by atoms with Crippen LogP contribution in [0.2, 0.25) is 5.02 Å². The maximum Gasteiger partial charge on any atom is 0.328 e. The first kappa shape index (κ1) is 24.3. The second-order valence-electron chi connectivity index (χ2n) is 7.61. The molecule has 4 rings (SSSR count). The van der Waals surface area contributed by atoms with Gasteiger partial charge >= 0.3 is 11.9 Å². The van der Waals surface area contributed by atoms with Crippen molar-refractivity contribution in [3.63, 3.8) is 0 Å². The van der Waals surface area contributed by atoms with Crippen LogP contribution in [0, 0.1) is 5.82 Å². The Labute approximate surface area is 195 Å². The van der Waals surface area contributed by atoms with Gasteiger partial charge in [0.2, 0.25) is 0 Å². The third kappa shape index (κ3) is 6.56. The van der Waals surface area contributed by atoms with Crippen LogP contribution in [0.1, 0.15) is 17.2 Å². The highest BCUT2D eigenvalue weighted by Crippen LogP contribution is 2.44. The minimum absolute atomic E-state index is 0.157. The van der Waals surface area contributed by atoms with Crippen molar-refractivity contribution in [2.75, 3.05) is 33.2 Å². The van der Waals surface area contributed by atoms with Crippen LogP contribution in [-0.4, -0.2) is 65.2 Å². The Kier molecular flexibility index (Phi) is 8.31. The number of carbonyl (C=O) groups is 2. The smallest absolute Gasteiger partial charge is 0.328 e. The molecule has 6 nitrogen and oxygen atoms in total. The van der Waals surface area contributed by atoms with E-state index in [1.54, 1.807) is 23.9 Å². The number of piperazine rings is 1. The molecule has 2 aliphatic rings. The summed E-state index contributed by atoms with van der Waals surface area (Å²) in [7, 11) is 2.16. The highest BCUT2D eigenvalue weighted by atomic mass is 35.5. The van der Waals surface area contributed by atoms with E-state index in [1.807, 2.05) is 12.1 Å². The van der Waals surface area contributed by atoms with Gasteiger partial charge in [0, 0.05) is 59.2 Å². The van der Waals surface area contributed by atoms with Crippen LogP contribution in [0.25, 0.3) is 0 Å². The van der Waals surface area contributed by atoms with Gasteiger partial charge in [0.15, 0.2) is 0 Å². The molecule has 0 saturated carbocycles. The molecule has 0 bridgehead atoms. The van der Waals surface area contributed by atoms with Gasteiger partial charge in [-0.05, 0) is 61.0 Å². The Morgan fingerprint density at radius 2 is 1.66 bits per heavy atom. The van der Waals surface area contributed by atoms with Crippen molar-refractivity contribution in [2.45, 2.75) is 22.3 Å². The number of halogens is 2. The number of hydrogen-bond acceptors (Lipinski definition) is 5. The molecular formula is C23H24ClFN2O4S. The monoisotopic (exact) mass is 478 g/mol. The van der Waals surface area contributed by atoms with Crippen LogP contribution >= 0.6 is 23.4 Å². The summed E-state index contributed by atoms with van der Waals surface area (Å²) in [6.07, 6.45) is 1.95. The third-order valence-corrected chi connectivity index (χ3v) is 6.78. The lowest BCUT2D eigenvalue weighted by Gasteiger charge is -2.38. The summed E-state index contributed by atoms with van der Waals surface area (Å²) in [6, 6.07) is 11.5. The summed E-state index contributed by atoms with van der Waals surface area (Å²) in [5, 5.41) is 16.4. The lowest BCUT2D eigenvalue weighted by molar-refractivity contribution is -0.134. The standard InChI is InChI=1S/C19H20ClFN2S.C4H4O4/c1-22-6-8-23(9-7-22)17-11-13-10-15(21)3-5-18(13)24-19-4-2-14(20)12-16(17)19;5-3(6)1-2-4(7)8/h2-5,10,12,17H,6-9,11H2,1H3;1-2H,(H,5,6)(H,7,8). The van der Waals surface area contributed by atoms with E-state index in [0.29, 0.717) is 12.2 Å². The summed E-state index contributed by atoms with van der Waals surface area (Å²) in [5.41, 5.74) is 2.37. The molecule has 0 aliphatic carbocycles. The molecule has 2 aromatic rings. The summed E-state index contributed by atoms with van der Waals surface area (Å²) < 4.78 is 13.8. The molecular weight excluding hydrogens is 455 g/mol. The highest BCUT2D eigenvalue weighted by molar-refractivity contribution is 7.99. The molecule has 9 heteroatoms. The molecule has 1 saturated heterocycles. The van der Waals surface area contributed by atoms with Crippen molar-refractivity contribution in [3.8, 4) is 0 Å². The first-order valence-electron chi connectivity index (χ1n) is 10.0. The van der Waals surface area contributed by atoms with Gasteiger partial charge in [0.1, 0.15) is 5.82 Å². The third-order valence-electron chi connectivity index (χ3n) is 5.33. The van der Waals surface area contributed by atoms with E-state index in [0.717, 1.165) is 48.1 Å². The van der Waals surface area contributed by atoms with Gasteiger partial charge in [-0.25, -0.2) is 14.0 Å². The van der Waals surface area contributed by atoms with Gasteiger partial charge in [0.05, 0.1) is 0 Å². The Morgan fingerprint density at radius 1 is 1.03 bits per heavy atom. The SMILES string of the molecule is CN1CCN(C2Cc3cc(F)ccc3Sc3ccc(Cl)cc32)CC1.O=C(O)C=CC(=O)O. The first-order chi connectivity index (χ1) is 15.2. The second-order valence-corrected chi connectivity index (χ2v) is 9.13. The maximum absolute atomic E-state index is 13.8. The van der Waals surface area contributed by atoms with E-state index in [9.17, 15) is 14.0 Å². The number of hydrogen-bond donors (Lipinski definition) is 2. The molecule has 1 unspecified atom stereocenters. The van der Waals surface area contributed by atoms with Crippen LogP contribution in [0.3, 0.4) is 0 Å². The number of likely N-dealkylation sites (N-methyl/N-ethyl adjacent to an activating group) is 1. The quantitative estimate of drug-likeness (QED) is 0.640. The van der Waals surface area contributed by atoms with Crippen molar-refractivity contribution in [1.82, 2.24) is 9.80 Å². The highest BCUT2D eigenvalue weighted by Gasteiger charge is 2.29. The molecule has 2 N–H and O–H groups in total. The van der Waals surface area contributed by atoms with Crippen molar-refractivity contribution < 1.29 is 24.2 Å². The van der Waals surface area contributed by atoms with E-state index < -0.39 is 11.9 Å². The van der Waals surface area contributed by atoms with Gasteiger partial charge in [-0.1, -0.05) is 23.4 Å². The molecule has 2 aromatic carbocycles. The van der Waals surface area contributed by atoms with Crippen LogP contribution in [0.5, 0.6) is 0 Å². The predicted molar refractivity (Wildman–Crippen MR) is 122 cm³/mol. The van der Waals surface area contributed by atoms with E-state index in [2.05, 4.69) is 29.0 Å². The fourth-order valence-electron chi connectivity index (χ4n) is 3.72. The van der Waals surface area contributed by atoms with Crippen molar-refractivity contribution in [3.05, 3.63) is 70.5 Å². The summed E-state index contributed by atoms with van der Waals surface area (Å²) >= 11 is 8.02. The average Bonchev–Trinajstić information content (AvgIpc) is 2.90. The average molecular weight is 479 g/mol. The van der Waals surface area contributed by atoms with E-state index in [4.69, 9.17) is 21.8 Å². The van der Waals surface area contributed by atoms with Crippen LogP contribution < -0.4 is 0 Å². The lowest BCUT2D eigenvalue weighted by Crippen LogP contribution is -2.46. The number of aliphatic carboxylic acids is 2. The zero-order chi connectivity index (χ0) is 23.3. The largest absolute Gasteiger partial charge is 0.478 e. The first-order valence-corrected chi connectivity index (χ1v) is 11.2. The molecule has 1 fully saturated rings. The van der Waals surface area contributed by atoms with E-state index >= 15 is 0 Å². The van der Waals surface area contributed by atoms with Crippen molar-refractivity contribution in [1.29, 1.82) is 0 Å². The van der Waals surface area contributed by atoms with Gasteiger partial charge in [-0.2, -0.15) is 0 Å². The summed E-state index contributed by atoms with van der Waals surface area (Å²) in [6.45, 7) is 4.19. The fraction of sp³-hybridized carbons (Fsp3) is 0.304. The predicted octanol–water partition coefficient (Wildman–Crippen LogP) is 4.19. The topological polar surface area (TPSA) is 81.1 Å². The zero-order valence-corrected chi connectivity index (χ0v) is 19.1. The second kappa shape index (κ2) is 11.0. The number of carboxylic acid groups (broad SMARTS) is 2. The number of nitrogens with zero attached hydrogens (tertiary/aromatic N) is 2. The Hall–Kier alpha value is -2.39. The molecule has 0 radical (unpaired) electrons. The lowest BCUT2D eigenvalue weighted by atomic mass is 9.96. The van der Waals surface area contributed by atoms with Gasteiger partial charge < -0.3 is 15.1 Å². The Balaban J connectivity index is 0.000000312. The molecule has 1 atom stereocenters. The molecule has 32 heavy (non-hydrogen) atoms. The molecule has 0 amide bonds. The minimum atomic E-state index is -1.26. The van der Waals surface area contributed by atoms with Crippen LogP contribution in [0.4, 0.5) is 4.39 Å². The van der Waals surface area contributed by atoms with Gasteiger partial charge in [0.25, 0.3) is 0 Å². The van der Waals surface area contributed by atoms with Crippen molar-refractivity contribution >= 4 is 35.3 Å². The maximum atomic E-state index is 13.8. The number of rotatable bonds is 3. The number of carboxylic acids is 2. The molecule has 170 valence electrons. The molecule has 2 aliphatic heterocycles. The van der Waals surface area contributed by atoms with Crippen molar-refractivity contribution in [2.24, 2.45) is 0 Å². The fourth-order valence-corrected chi connectivity index (χ4v) is 4.99. The summed E-state index contributed by atoms with van der Waals surface area (Å²) in [4.78, 5) is 26.4. The summed E-state index contributed by atoms with van der Waals surface area (Å²) in [5.74, 6) is -2.67. The van der Waals surface area contributed by atoms with Gasteiger partial charge in [-0.3, -0.25) is 4.90 Å². The minimum Gasteiger partial charge on any atom is -0.478 e. The Morgan fingerprint density at radius 3 is 2.28 bits per heavy atom. The zero-order valence-electron chi connectivity index (χ0n) is 17.5. The van der Waals surface area contributed by atoms with E-state index in [-0.39, 0.29) is 11.9 Å². The van der Waals surface area contributed by atoms with Crippen LogP contribution in [0.15, 0.2) is 58.3 Å². The van der Waals surface area contributed by atoms with Gasteiger partial charge in [-0.15, -0.1) is 0 Å². The van der Waals surface area contributed by atoms with E-state index in [1.165, 1.54) is 10.5 Å². The van der Waals surface area contributed by atoms with Crippen LogP contribution in [-0.2, 0) is 16.0 Å². The number of fused-ring (bicyclic) bond motifs is 2. The Bertz CT molecular complexity index is 1010. The molecule has 0 aromatic heterocycles. The molecule has 0 spiro atoms.